The first-order chi connectivity index (χ1) is 18.2. The van der Waals surface area contributed by atoms with E-state index in [1.165, 1.54) is 18.2 Å². The van der Waals surface area contributed by atoms with E-state index in [9.17, 15) is 13.6 Å². The van der Waals surface area contributed by atoms with Crippen molar-refractivity contribution in [3.8, 4) is 5.75 Å². The van der Waals surface area contributed by atoms with Crippen molar-refractivity contribution in [2.45, 2.75) is 69.6 Å². The zero-order valence-corrected chi connectivity index (χ0v) is 22.1. The summed E-state index contributed by atoms with van der Waals surface area (Å²) in [5.41, 5.74) is -0.745. The van der Waals surface area contributed by atoms with Gasteiger partial charge in [0.1, 0.15) is 23.5 Å². The summed E-state index contributed by atoms with van der Waals surface area (Å²) < 4.78 is 63.8. The quantitative estimate of drug-likeness (QED) is 0.437. The molecule has 2 aliphatic rings. The average Bonchev–Trinajstić information content (AvgIpc) is 3.21. The van der Waals surface area contributed by atoms with Gasteiger partial charge in [0.05, 0.1) is 39.1 Å². The topological polar surface area (TPSA) is 84.5 Å². The number of carbonyl (C=O) groups is 1. The van der Waals surface area contributed by atoms with Crippen LogP contribution in [0.1, 0.15) is 37.8 Å². The van der Waals surface area contributed by atoms with Gasteiger partial charge in [0.25, 0.3) is 5.91 Å². The Hall–Kier alpha value is -2.63. The van der Waals surface area contributed by atoms with E-state index >= 15 is 0 Å². The minimum atomic E-state index is -1.36. The van der Waals surface area contributed by atoms with Crippen LogP contribution in [0.5, 0.6) is 5.75 Å². The van der Waals surface area contributed by atoms with Crippen LogP contribution in [0.4, 0.5) is 8.78 Å². The van der Waals surface area contributed by atoms with Gasteiger partial charge in [0, 0.05) is 32.1 Å². The molecular weight excluding hydrogens is 500 g/mol. The maximum Gasteiger partial charge on any atom is 0.252 e. The number of hydrogen-bond donors (Lipinski definition) is 1. The number of nitrogens with one attached hydrogen (secondary N) is 1. The number of ether oxygens (including phenoxy) is 6. The molecule has 1 saturated carbocycles. The summed E-state index contributed by atoms with van der Waals surface area (Å²) >= 11 is 0. The lowest BCUT2D eigenvalue weighted by atomic mass is 9.78. The van der Waals surface area contributed by atoms with Crippen molar-refractivity contribution in [1.29, 1.82) is 0 Å². The number of carbonyl (C=O) groups excluding carboxylic acids is 1. The highest BCUT2D eigenvalue weighted by Crippen LogP contribution is 2.44. The van der Waals surface area contributed by atoms with Gasteiger partial charge in [-0.05, 0) is 43.7 Å². The van der Waals surface area contributed by atoms with Crippen molar-refractivity contribution in [2.24, 2.45) is 0 Å². The predicted octanol–water partition coefficient (Wildman–Crippen LogP) is 3.89. The molecule has 0 unspecified atom stereocenters. The SMILES string of the molecule is COCCNC(=O)[C@@]1(OCc2cccc(OC)c2)C[C@H](OCc2c(F)cccc2F)[C@@H]2OC(C)(C)O[C@@H]2C1. The maximum atomic E-state index is 14.3. The number of methoxy groups -OCH3 is 2. The second-order valence-corrected chi connectivity index (χ2v) is 9.98. The Labute approximate surface area is 221 Å². The van der Waals surface area contributed by atoms with Gasteiger partial charge in [0.2, 0.25) is 0 Å². The van der Waals surface area contributed by atoms with E-state index in [1.54, 1.807) is 28.1 Å². The molecule has 10 heteroatoms. The smallest absolute Gasteiger partial charge is 0.252 e. The van der Waals surface area contributed by atoms with Crippen LogP contribution in [-0.2, 0) is 41.7 Å². The highest BCUT2D eigenvalue weighted by atomic mass is 19.1. The molecule has 1 aliphatic heterocycles. The van der Waals surface area contributed by atoms with Crippen LogP contribution < -0.4 is 10.1 Å². The van der Waals surface area contributed by atoms with Crippen molar-refractivity contribution in [1.82, 2.24) is 5.32 Å². The third kappa shape index (κ3) is 6.50. The third-order valence-corrected chi connectivity index (χ3v) is 6.81. The largest absolute Gasteiger partial charge is 0.497 e. The van der Waals surface area contributed by atoms with Gasteiger partial charge >= 0.3 is 0 Å². The van der Waals surface area contributed by atoms with E-state index < -0.39 is 41.3 Å². The van der Waals surface area contributed by atoms with Gasteiger partial charge < -0.3 is 33.7 Å². The molecule has 0 radical (unpaired) electrons. The van der Waals surface area contributed by atoms with Crippen LogP contribution in [0, 0.1) is 11.6 Å². The third-order valence-electron chi connectivity index (χ3n) is 6.81. The van der Waals surface area contributed by atoms with Gasteiger partial charge in [-0.15, -0.1) is 0 Å². The van der Waals surface area contributed by atoms with E-state index in [0.29, 0.717) is 12.4 Å². The van der Waals surface area contributed by atoms with E-state index in [4.69, 9.17) is 28.4 Å². The van der Waals surface area contributed by atoms with Gasteiger partial charge in [-0.25, -0.2) is 8.78 Å². The average molecular weight is 536 g/mol. The number of halogens is 2. The van der Waals surface area contributed by atoms with Crippen LogP contribution in [0.25, 0.3) is 0 Å². The summed E-state index contributed by atoms with van der Waals surface area (Å²) in [6.07, 6.45) is -1.55. The number of benzene rings is 2. The summed E-state index contributed by atoms with van der Waals surface area (Å²) in [7, 11) is 3.12. The fourth-order valence-corrected chi connectivity index (χ4v) is 4.98. The second-order valence-electron chi connectivity index (χ2n) is 9.98. The standard InChI is InChI=1S/C28H35F2NO7/c1-27(2)37-24-15-28(26(32)31-11-12-33-3,36-16-18-7-5-8-19(13-18)34-4)14-23(25(24)38-27)35-17-20-21(29)9-6-10-22(20)30/h5-10,13,23-25H,11-12,14-17H2,1-4H3,(H,31,32)/t23-,24+,25-,28+/m0/s1. The lowest BCUT2D eigenvalue weighted by Gasteiger charge is -2.43. The number of fused-ring (bicyclic) bond motifs is 1. The molecule has 1 heterocycles. The lowest BCUT2D eigenvalue weighted by Crippen LogP contribution is -2.60. The van der Waals surface area contributed by atoms with Gasteiger partial charge in [0.15, 0.2) is 11.4 Å². The first-order valence-corrected chi connectivity index (χ1v) is 12.6. The Bertz CT molecular complexity index is 1090. The molecule has 1 aliphatic carbocycles. The fourth-order valence-electron chi connectivity index (χ4n) is 4.98. The summed E-state index contributed by atoms with van der Waals surface area (Å²) in [5, 5.41) is 2.88. The van der Waals surface area contributed by atoms with Crippen molar-refractivity contribution >= 4 is 5.91 Å². The summed E-state index contributed by atoms with van der Waals surface area (Å²) in [5.74, 6) is -2.04. The zero-order chi connectivity index (χ0) is 27.3. The van der Waals surface area contributed by atoms with E-state index in [1.807, 2.05) is 24.3 Å². The molecule has 38 heavy (non-hydrogen) atoms. The van der Waals surface area contributed by atoms with Crippen molar-refractivity contribution in [2.75, 3.05) is 27.4 Å². The molecule has 2 aromatic rings. The predicted molar refractivity (Wildman–Crippen MR) is 133 cm³/mol. The molecule has 208 valence electrons. The molecule has 1 N–H and O–H groups in total. The molecule has 4 atom stereocenters. The van der Waals surface area contributed by atoms with Gasteiger partial charge in [-0.3, -0.25) is 4.79 Å². The molecule has 1 amide bonds. The molecule has 0 bridgehead atoms. The van der Waals surface area contributed by atoms with Crippen LogP contribution >= 0.6 is 0 Å². The van der Waals surface area contributed by atoms with Crippen LogP contribution in [0.15, 0.2) is 42.5 Å². The van der Waals surface area contributed by atoms with Gasteiger partial charge in [-0.2, -0.15) is 0 Å². The lowest BCUT2D eigenvalue weighted by molar-refractivity contribution is -0.183. The van der Waals surface area contributed by atoms with E-state index in [2.05, 4.69) is 5.32 Å². The van der Waals surface area contributed by atoms with Crippen LogP contribution in [0.3, 0.4) is 0 Å². The summed E-state index contributed by atoms with van der Waals surface area (Å²) in [4.78, 5) is 13.6. The number of hydrogen-bond acceptors (Lipinski definition) is 7. The van der Waals surface area contributed by atoms with Crippen molar-refractivity contribution < 1.29 is 42.0 Å². The Morgan fingerprint density at radius 3 is 2.50 bits per heavy atom. The molecule has 2 aromatic carbocycles. The molecule has 8 nitrogen and oxygen atoms in total. The Balaban J connectivity index is 1.61. The molecule has 0 aromatic heterocycles. The molecule has 1 saturated heterocycles. The first-order valence-electron chi connectivity index (χ1n) is 12.6. The minimum absolute atomic E-state index is 0.0897. The Morgan fingerprint density at radius 2 is 1.79 bits per heavy atom. The van der Waals surface area contributed by atoms with Crippen molar-refractivity contribution in [3.05, 3.63) is 65.2 Å². The molecule has 2 fully saturated rings. The Morgan fingerprint density at radius 1 is 1.05 bits per heavy atom. The molecule has 0 spiro atoms. The highest BCUT2D eigenvalue weighted by Gasteiger charge is 2.58. The molecule has 4 rings (SSSR count). The highest BCUT2D eigenvalue weighted by molar-refractivity contribution is 5.85. The van der Waals surface area contributed by atoms with E-state index in [-0.39, 0.29) is 44.1 Å². The normalized spacial score (nSPS) is 26.1. The summed E-state index contributed by atoms with van der Waals surface area (Å²) in [6, 6.07) is 11.0. The van der Waals surface area contributed by atoms with E-state index in [0.717, 1.165) is 5.56 Å². The van der Waals surface area contributed by atoms with Crippen LogP contribution in [-0.4, -0.2) is 63.0 Å². The monoisotopic (exact) mass is 535 g/mol. The second kappa shape index (κ2) is 12.0. The zero-order valence-electron chi connectivity index (χ0n) is 22.1. The van der Waals surface area contributed by atoms with Crippen LogP contribution in [0.2, 0.25) is 0 Å². The number of rotatable bonds is 11. The van der Waals surface area contributed by atoms with Crippen molar-refractivity contribution in [3.63, 3.8) is 0 Å². The maximum absolute atomic E-state index is 14.3. The van der Waals surface area contributed by atoms with Gasteiger partial charge in [-0.1, -0.05) is 18.2 Å². The first kappa shape index (κ1) is 28.4. The minimum Gasteiger partial charge on any atom is -0.497 e. The molecular formula is C28H35F2NO7. The number of amides is 1. The Kier molecular flexibility index (Phi) is 9.00. The fraction of sp³-hybridized carbons (Fsp3) is 0.536. The summed E-state index contributed by atoms with van der Waals surface area (Å²) in [6.45, 7) is 3.93.